The summed E-state index contributed by atoms with van der Waals surface area (Å²) in [5.74, 6) is 1.45. The first-order valence-electron chi connectivity index (χ1n) is 7.91. The van der Waals surface area contributed by atoms with E-state index in [1.807, 2.05) is 18.2 Å². The maximum atomic E-state index is 5.36. The first-order chi connectivity index (χ1) is 11.2. The van der Waals surface area contributed by atoms with E-state index in [1.54, 1.807) is 19.1 Å². The highest BCUT2D eigenvalue weighted by molar-refractivity contribution is 7.80. The molecular formula is C16H26N3O3S+. The molecule has 0 spiro atoms. The third-order valence-electron chi connectivity index (χ3n) is 3.85. The van der Waals surface area contributed by atoms with E-state index in [0.717, 1.165) is 57.3 Å². The number of benzene rings is 1. The van der Waals surface area contributed by atoms with Gasteiger partial charge in [0.25, 0.3) is 0 Å². The zero-order valence-corrected chi connectivity index (χ0v) is 14.6. The average Bonchev–Trinajstić information content (AvgIpc) is 2.60. The van der Waals surface area contributed by atoms with Crippen molar-refractivity contribution in [3.8, 4) is 11.5 Å². The minimum atomic E-state index is 0.602. The zero-order valence-electron chi connectivity index (χ0n) is 13.8. The Morgan fingerprint density at radius 1 is 1.26 bits per heavy atom. The molecule has 1 fully saturated rings. The van der Waals surface area contributed by atoms with E-state index >= 15 is 0 Å². The molecule has 1 heterocycles. The van der Waals surface area contributed by atoms with E-state index in [0.29, 0.717) is 10.9 Å². The number of rotatable bonds is 7. The molecule has 1 aromatic rings. The Labute approximate surface area is 143 Å². The van der Waals surface area contributed by atoms with Crippen LogP contribution in [0, 0.1) is 0 Å². The second kappa shape index (κ2) is 9.54. The second-order valence-electron chi connectivity index (χ2n) is 5.41. The van der Waals surface area contributed by atoms with E-state index in [2.05, 4.69) is 10.6 Å². The number of morpholine rings is 1. The Morgan fingerprint density at radius 2 is 2.04 bits per heavy atom. The third-order valence-corrected chi connectivity index (χ3v) is 4.10. The molecule has 0 unspecified atom stereocenters. The van der Waals surface area contributed by atoms with Crippen molar-refractivity contribution in [3.63, 3.8) is 0 Å². The van der Waals surface area contributed by atoms with Crippen molar-refractivity contribution in [2.24, 2.45) is 0 Å². The summed E-state index contributed by atoms with van der Waals surface area (Å²) in [6.07, 6.45) is 1.08. The van der Waals surface area contributed by atoms with Crippen LogP contribution in [0.2, 0.25) is 0 Å². The summed E-state index contributed by atoms with van der Waals surface area (Å²) in [5, 5.41) is 7.01. The van der Waals surface area contributed by atoms with Crippen LogP contribution in [0.25, 0.3) is 0 Å². The van der Waals surface area contributed by atoms with Crippen molar-refractivity contribution in [3.05, 3.63) is 18.2 Å². The number of ether oxygens (including phenoxy) is 3. The lowest BCUT2D eigenvalue weighted by Crippen LogP contribution is -3.14. The van der Waals surface area contributed by atoms with Crippen LogP contribution in [0.4, 0.5) is 5.69 Å². The Hall–Kier alpha value is -1.57. The number of methoxy groups -OCH3 is 2. The molecule has 128 valence electrons. The first kappa shape index (κ1) is 17.8. The van der Waals surface area contributed by atoms with Gasteiger partial charge in [0.1, 0.15) is 24.6 Å². The molecule has 0 bridgehead atoms. The quantitative estimate of drug-likeness (QED) is 0.490. The van der Waals surface area contributed by atoms with Crippen LogP contribution >= 0.6 is 12.2 Å². The van der Waals surface area contributed by atoms with E-state index in [-0.39, 0.29) is 0 Å². The number of anilines is 1. The van der Waals surface area contributed by atoms with Crippen LogP contribution in [0.3, 0.4) is 0 Å². The Balaban J connectivity index is 1.71. The minimum absolute atomic E-state index is 0.602. The maximum Gasteiger partial charge on any atom is 0.170 e. The molecule has 6 nitrogen and oxygen atoms in total. The smallest absolute Gasteiger partial charge is 0.170 e. The largest absolute Gasteiger partial charge is 0.497 e. The summed E-state index contributed by atoms with van der Waals surface area (Å²) in [5.41, 5.74) is 0.824. The Morgan fingerprint density at radius 3 is 2.74 bits per heavy atom. The van der Waals surface area contributed by atoms with Gasteiger partial charge >= 0.3 is 0 Å². The van der Waals surface area contributed by atoms with Gasteiger partial charge in [0.2, 0.25) is 0 Å². The van der Waals surface area contributed by atoms with Crippen molar-refractivity contribution in [1.82, 2.24) is 5.32 Å². The fourth-order valence-corrected chi connectivity index (χ4v) is 2.73. The van der Waals surface area contributed by atoms with Crippen LogP contribution < -0.4 is 25.0 Å². The van der Waals surface area contributed by atoms with Crippen molar-refractivity contribution in [2.75, 3.05) is 58.9 Å². The predicted molar refractivity (Wildman–Crippen MR) is 94.8 cm³/mol. The van der Waals surface area contributed by atoms with Gasteiger partial charge in [-0.25, -0.2) is 0 Å². The Bertz CT molecular complexity index is 507. The highest BCUT2D eigenvalue weighted by Crippen LogP contribution is 2.28. The molecule has 3 N–H and O–H groups in total. The van der Waals surface area contributed by atoms with Gasteiger partial charge in [-0.1, -0.05) is 0 Å². The highest BCUT2D eigenvalue weighted by atomic mass is 32.1. The average molecular weight is 340 g/mol. The summed E-state index contributed by atoms with van der Waals surface area (Å²) in [6.45, 7) is 5.96. The lowest BCUT2D eigenvalue weighted by Gasteiger charge is -2.23. The standard InChI is InChI=1S/C16H25N3O3S/c1-20-13-4-5-14(15(12-13)21-2)18-16(23)17-6-3-7-19-8-10-22-11-9-19/h4-5,12H,3,6-11H2,1-2H3,(H2,17,18,23)/p+1. The molecule has 1 aliphatic heterocycles. The molecule has 0 radical (unpaired) electrons. The molecular weight excluding hydrogens is 314 g/mol. The zero-order chi connectivity index (χ0) is 16.5. The van der Waals surface area contributed by atoms with Gasteiger partial charge in [-0.2, -0.15) is 0 Å². The van der Waals surface area contributed by atoms with Crippen LogP contribution in [-0.4, -0.2) is 58.7 Å². The number of hydrogen-bond acceptors (Lipinski definition) is 4. The second-order valence-corrected chi connectivity index (χ2v) is 5.82. The number of thiocarbonyl (C=S) groups is 1. The SMILES string of the molecule is COc1ccc(NC(=S)NCCC[NH+]2CCOCC2)c(OC)c1. The van der Waals surface area contributed by atoms with Crippen molar-refractivity contribution >= 4 is 23.0 Å². The van der Waals surface area contributed by atoms with Crippen molar-refractivity contribution in [1.29, 1.82) is 0 Å². The summed E-state index contributed by atoms with van der Waals surface area (Å²) in [7, 11) is 3.26. The van der Waals surface area contributed by atoms with Crippen molar-refractivity contribution < 1.29 is 19.1 Å². The van der Waals surface area contributed by atoms with Gasteiger partial charge in [0, 0.05) is 19.0 Å². The first-order valence-corrected chi connectivity index (χ1v) is 8.32. The predicted octanol–water partition coefficient (Wildman–Crippen LogP) is 0.295. The molecule has 0 saturated carbocycles. The van der Waals surface area contributed by atoms with E-state index < -0.39 is 0 Å². The van der Waals surface area contributed by atoms with E-state index in [1.165, 1.54) is 0 Å². The van der Waals surface area contributed by atoms with Gasteiger partial charge < -0.3 is 29.7 Å². The molecule has 23 heavy (non-hydrogen) atoms. The molecule has 0 aliphatic carbocycles. The summed E-state index contributed by atoms with van der Waals surface area (Å²) in [4.78, 5) is 1.61. The van der Waals surface area contributed by atoms with E-state index in [4.69, 9.17) is 26.4 Å². The Kier molecular flexibility index (Phi) is 7.38. The number of hydrogen-bond donors (Lipinski definition) is 3. The van der Waals surface area contributed by atoms with E-state index in [9.17, 15) is 0 Å². The molecule has 1 aliphatic rings. The molecule has 1 aromatic carbocycles. The summed E-state index contributed by atoms with van der Waals surface area (Å²) < 4.78 is 15.9. The van der Waals surface area contributed by atoms with Crippen molar-refractivity contribution in [2.45, 2.75) is 6.42 Å². The lowest BCUT2D eigenvalue weighted by atomic mass is 10.2. The molecule has 0 atom stereocenters. The topological polar surface area (TPSA) is 56.2 Å². The van der Waals surface area contributed by atoms with Gasteiger partial charge in [-0.05, 0) is 24.4 Å². The highest BCUT2D eigenvalue weighted by Gasteiger charge is 2.12. The summed E-state index contributed by atoms with van der Waals surface area (Å²) >= 11 is 5.34. The molecule has 0 aromatic heterocycles. The fourth-order valence-electron chi connectivity index (χ4n) is 2.52. The molecule has 0 amide bonds. The fraction of sp³-hybridized carbons (Fsp3) is 0.562. The minimum Gasteiger partial charge on any atom is -0.497 e. The number of quaternary nitrogens is 1. The normalized spacial score (nSPS) is 15.0. The lowest BCUT2D eigenvalue weighted by molar-refractivity contribution is -0.908. The van der Waals surface area contributed by atoms with Crippen LogP contribution in [0.5, 0.6) is 11.5 Å². The van der Waals surface area contributed by atoms with Gasteiger partial charge in [0.15, 0.2) is 5.11 Å². The van der Waals surface area contributed by atoms with Crippen LogP contribution in [-0.2, 0) is 4.74 Å². The van der Waals surface area contributed by atoms with Gasteiger partial charge in [0.05, 0.1) is 39.7 Å². The molecule has 7 heteroatoms. The van der Waals surface area contributed by atoms with Crippen LogP contribution in [0.15, 0.2) is 18.2 Å². The maximum absolute atomic E-state index is 5.36. The van der Waals surface area contributed by atoms with Crippen LogP contribution in [0.1, 0.15) is 6.42 Å². The van der Waals surface area contributed by atoms with Gasteiger partial charge in [-0.3, -0.25) is 0 Å². The monoisotopic (exact) mass is 340 g/mol. The van der Waals surface area contributed by atoms with Gasteiger partial charge in [-0.15, -0.1) is 0 Å². The number of nitrogens with one attached hydrogen (secondary N) is 3. The molecule has 2 rings (SSSR count). The summed E-state index contributed by atoms with van der Waals surface area (Å²) in [6, 6.07) is 5.59. The third kappa shape index (κ3) is 5.85. The molecule has 1 saturated heterocycles.